The van der Waals surface area contributed by atoms with Crippen molar-refractivity contribution in [2.45, 2.75) is 6.92 Å². The number of aryl methyl sites for hydroxylation is 1. The minimum Gasteiger partial charge on any atom is -0.237 e. The highest BCUT2D eigenvalue weighted by molar-refractivity contribution is 7.10. The van der Waals surface area contributed by atoms with E-state index in [0.29, 0.717) is 0 Å². The molecule has 1 nitrogen and oxygen atoms in total. The molecule has 0 fully saturated rings. The van der Waals surface area contributed by atoms with E-state index < -0.39 is 0 Å². The number of hydrogen-bond donors (Lipinski definition) is 0. The molecule has 1 heterocycles. The molecule has 0 aliphatic rings. The summed E-state index contributed by atoms with van der Waals surface area (Å²) in [5.74, 6) is 0. The summed E-state index contributed by atoms with van der Waals surface area (Å²) in [4.78, 5) is 4.40. The fourth-order valence-corrected chi connectivity index (χ4v) is 1.13. The van der Waals surface area contributed by atoms with Gasteiger partial charge in [-0.1, -0.05) is 0 Å². The van der Waals surface area contributed by atoms with Gasteiger partial charge in [0.25, 0.3) is 0 Å². The molecule has 0 saturated heterocycles. The quantitative estimate of drug-likeness (QED) is 0.467. The summed E-state index contributed by atoms with van der Waals surface area (Å²) in [6.07, 6.45) is 0. The molecule has 0 N–H and O–H groups in total. The molecule has 0 spiro atoms. The first-order valence-electron chi connectivity index (χ1n) is 2.26. The maximum Gasteiger partial charge on any atom is 0.200 e. The molecule has 40 valence electrons. The van der Waals surface area contributed by atoms with Crippen LogP contribution in [0.3, 0.4) is 0 Å². The predicted octanol–water partition coefficient (Wildman–Crippen LogP) is 2.61. The highest BCUT2D eigenvalue weighted by Gasteiger charge is 1.93. The maximum absolute atomic E-state index is 6.63. The van der Waals surface area contributed by atoms with Crippen molar-refractivity contribution in [2.75, 3.05) is 0 Å². The second kappa shape index (κ2) is 1.97. The van der Waals surface area contributed by atoms with Crippen molar-refractivity contribution in [1.29, 1.82) is 0 Å². The first-order chi connectivity index (χ1) is 3.84. The van der Waals surface area contributed by atoms with Crippen LogP contribution in [0.15, 0.2) is 11.4 Å². The van der Waals surface area contributed by atoms with Gasteiger partial charge in [0, 0.05) is 4.88 Å². The summed E-state index contributed by atoms with van der Waals surface area (Å²) in [6, 6.07) is 1.84. The van der Waals surface area contributed by atoms with E-state index in [-0.39, 0.29) is 0 Å². The Kier molecular flexibility index (Phi) is 1.32. The van der Waals surface area contributed by atoms with E-state index in [1.165, 1.54) is 0 Å². The molecule has 0 radical (unpaired) electrons. The highest BCUT2D eigenvalue weighted by atomic mass is 32.1. The van der Waals surface area contributed by atoms with Crippen LogP contribution in [-0.2, 0) is 0 Å². The van der Waals surface area contributed by atoms with Gasteiger partial charge in [0.2, 0.25) is 5.69 Å². The van der Waals surface area contributed by atoms with Crippen LogP contribution >= 0.6 is 11.3 Å². The molecule has 1 rings (SSSR count). The number of hydrogen-bond acceptors (Lipinski definition) is 1. The van der Waals surface area contributed by atoms with Gasteiger partial charge in [-0.05, 0) is 18.4 Å². The first kappa shape index (κ1) is 5.33. The van der Waals surface area contributed by atoms with Crippen molar-refractivity contribution in [2.24, 2.45) is 0 Å². The third-order valence-electron chi connectivity index (χ3n) is 0.952. The van der Waals surface area contributed by atoms with Crippen LogP contribution in [0.25, 0.3) is 4.85 Å². The molecule has 0 amide bonds. The van der Waals surface area contributed by atoms with Crippen molar-refractivity contribution >= 4 is 17.0 Å². The zero-order chi connectivity index (χ0) is 5.98. The van der Waals surface area contributed by atoms with E-state index in [1.54, 1.807) is 11.3 Å². The third kappa shape index (κ3) is 0.728. The molecule has 1 aromatic rings. The molecular weight excluding hydrogens is 118 g/mol. The molecule has 1 aromatic heterocycles. The predicted molar refractivity (Wildman–Crippen MR) is 35.3 cm³/mol. The van der Waals surface area contributed by atoms with Crippen molar-refractivity contribution < 1.29 is 0 Å². The lowest BCUT2D eigenvalue weighted by molar-refractivity contribution is 1.65. The van der Waals surface area contributed by atoms with Crippen LogP contribution in [-0.4, -0.2) is 0 Å². The molecule has 2 heteroatoms. The van der Waals surface area contributed by atoms with E-state index >= 15 is 0 Å². The standard InChI is InChI=1S/C6H5NS/c1-5-6(7-2)3-4-8-5/h3-4H,1H3. The minimum atomic E-state index is 0.787. The lowest BCUT2D eigenvalue weighted by Gasteiger charge is -1.77. The van der Waals surface area contributed by atoms with Gasteiger partial charge in [-0.2, -0.15) is 11.3 Å². The molecular formula is C6H5NS. The number of nitrogens with zero attached hydrogens (tertiary/aromatic N) is 1. The Hall–Kier alpha value is -0.810. The Morgan fingerprint density at radius 3 is 2.75 bits per heavy atom. The summed E-state index contributed by atoms with van der Waals surface area (Å²) in [7, 11) is 0. The zero-order valence-corrected chi connectivity index (χ0v) is 5.33. The summed E-state index contributed by atoms with van der Waals surface area (Å²) >= 11 is 1.62. The average molecular weight is 123 g/mol. The summed E-state index contributed by atoms with van der Waals surface area (Å²) in [6.45, 7) is 8.59. The van der Waals surface area contributed by atoms with Crippen LogP contribution in [0.1, 0.15) is 4.88 Å². The number of thiophene rings is 1. The molecule has 0 aliphatic heterocycles. The SMILES string of the molecule is [C-]#[N+]c1ccsc1C. The zero-order valence-electron chi connectivity index (χ0n) is 4.51. The van der Waals surface area contributed by atoms with Gasteiger partial charge in [-0.25, -0.2) is 4.85 Å². The fourth-order valence-electron chi connectivity index (χ4n) is 0.494. The van der Waals surface area contributed by atoms with Crippen LogP contribution in [0.5, 0.6) is 0 Å². The van der Waals surface area contributed by atoms with Crippen molar-refractivity contribution in [3.63, 3.8) is 0 Å². The second-order valence-electron chi connectivity index (χ2n) is 1.47. The van der Waals surface area contributed by atoms with Crippen molar-refractivity contribution in [1.82, 2.24) is 0 Å². The fraction of sp³-hybridized carbons (Fsp3) is 0.167. The van der Waals surface area contributed by atoms with Gasteiger partial charge in [0.05, 0.1) is 6.57 Å². The Morgan fingerprint density at radius 1 is 1.75 bits per heavy atom. The van der Waals surface area contributed by atoms with E-state index in [0.717, 1.165) is 10.6 Å². The summed E-state index contributed by atoms with van der Waals surface area (Å²) in [5.41, 5.74) is 0.787. The molecule has 0 unspecified atom stereocenters. The lowest BCUT2D eigenvalue weighted by Crippen LogP contribution is -1.51. The normalized spacial score (nSPS) is 8.50. The Bertz CT molecular complexity index is 219. The third-order valence-corrected chi connectivity index (χ3v) is 1.79. The minimum absolute atomic E-state index is 0.787. The van der Waals surface area contributed by atoms with Gasteiger partial charge < -0.3 is 0 Å². The molecule has 0 aliphatic carbocycles. The van der Waals surface area contributed by atoms with Gasteiger partial charge in [0.1, 0.15) is 0 Å². The van der Waals surface area contributed by atoms with Gasteiger partial charge >= 0.3 is 0 Å². The van der Waals surface area contributed by atoms with Gasteiger partial charge in [-0.15, -0.1) is 0 Å². The molecule has 8 heavy (non-hydrogen) atoms. The Morgan fingerprint density at radius 2 is 2.50 bits per heavy atom. The van der Waals surface area contributed by atoms with Gasteiger partial charge in [0.15, 0.2) is 0 Å². The second-order valence-corrected chi connectivity index (χ2v) is 2.59. The smallest absolute Gasteiger partial charge is 0.200 e. The van der Waals surface area contributed by atoms with Crippen molar-refractivity contribution in [3.05, 3.63) is 27.7 Å². The molecule has 0 saturated carbocycles. The maximum atomic E-state index is 6.63. The average Bonchev–Trinajstić information content (AvgIpc) is 2.14. The molecule has 0 bridgehead atoms. The summed E-state index contributed by atoms with van der Waals surface area (Å²) < 4.78 is 0. The first-order valence-corrected chi connectivity index (χ1v) is 3.14. The van der Waals surface area contributed by atoms with E-state index in [4.69, 9.17) is 6.57 Å². The molecule has 0 aromatic carbocycles. The van der Waals surface area contributed by atoms with Crippen LogP contribution < -0.4 is 0 Å². The Balaban J connectivity index is 3.15. The monoisotopic (exact) mass is 123 g/mol. The van der Waals surface area contributed by atoms with Gasteiger partial charge in [-0.3, -0.25) is 0 Å². The van der Waals surface area contributed by atoms with Crippen LogP contribution in [0.4, 0.5) is 5.69 Å². The van der Waals surface area contributed by atoms with Crippen LogP contribution in [0.2, 0.25) is 0 Å². The number of rotatable bonds is 0. The van der Waals surface area contributed by atoms with E-state index in [1.807, 2.05) is 18.4 Å². The van der Waals surface area contributed by atoms with Crippen LogP contribution in [0, 0.1) is 13.5 Å². The van der Waals surface area contributed by atoms with E-state index in [9.17, 15) is 0 Å². The summed E-state index contributed by atoms with van der Waals surface area (Å²) in [5, 5.41) is 1.93. The largest absolute Gasteiger partial charge is 0.237 e. The highest BCUT2D eigenvalue weighted by Crippen LogP contribution is 2.22. The van der Waals surface area contributed by atoms with E-state index in [2.05, 4.69) is 4.85 Å². The van der Waals surface area contributed by atoms with Crippen molar-refractivity contribution in [3.8, 4) is 0 Å². The topological polar surface area (TPSA) is 4.36 Å². The lowest BCUT2D eigenvalue weighted by atomic mass is 10.4. The molecule has 0 atom stereocenters. The Labute approximate surface area is 52.4 Å².